The zero-order valence-corrected chi connectivity index (χ0v) is 17.1. The summed E-state index contributed by atoms with van der Waals surface area (Å²) in [6.07, 6.45) is 3.17. The van der Waals surface area contributed by atoms with E-state index in [1.54, 1.807) is 11.0 Å². The molecule has 1 heterocycles. The predicted molar refractivity (Wildman–Crippen MR) is 110 cm³/mol. The minimum absolute atomic E-state index is 0.0480. The molecule has 140 valence electrons. The molecule has 1 amide bonds. The number of aryl methyl sites for hydroxylation is 1. The molecule has 0 fully saturated rings. The van der Waals surface area contributed by atoms with Gasteiger partial charge in [-0.15, -0.1) is 0 Å². The first-order valence-electron chi connectivity index (χ1n) is 8.65. The summed E-state index contributed by atoms with van der Waals surface area (Å²) in [6.45, 7) is 4.39. The maximum atomic E-state index is 12.4. The molecule has 0 aliphatic rings. The number of benzene rings is 2. The molecule has 7 heteroatoms. The van der Waals surface area contributed by atoms with Gasteiger partial charge in [0.05, 0.1) is 17.9 Å². The van der Waals surface area contributed by atoms with Crippen LogP contribution in [0.1, 0.15) is 24.1 Å². The number of hydrogen-bond acceptors (Lipinski definition) is 4. The Hall–Kier alpha value is -2.51. The quantitative estimate of drug-likeness (QED) is 0.646. The summed E-state index contributed by atoms with van der Waals surface area (Å²) in [5, 5.41) is 7.08. The monoisotopic (exact) mass is 427 g/mol. The van der Waals surface area contributed by atoms with E-state index in [-0.39, 0.29) is 11.9 Å². The lowest BCUT2D eigenvalue weighted by molar-refractivity contribution is -0.117. The van der Waals surface area contributed by atoms with Gasteiger partial charge in [0.1, 0.15) is 12.7 Å². The van der Waals surface area contributed by atoms with E-state index in [0.29, 0.717) is 6.54 Å². The fraction of sp³-hybridized carbons (Fsp3) is 0.250. The van der Waals surface area contributed by atoms with E-state index < -0.39 is 0 Å². The van der Waals surface area contributed by atoms with Crippen LogP contribution in [-0.4, -0.2) is 39.2 Å². The summed E-state index contributed by atoms with van der Waals surface area (Å²) in [5.74, 6) is -0.0480. The zero-order chi connectivity index (χ0) is 19.4. The molecule has 27 heavy (non-hydrogen) atoms. The van der Waals surface area contributed by atoms with E-state index in [9.17, 15) is 4.79 Å². The fourth-order valence-corrected chi connectivity index (χ4v) is 3.37. The van der Waals surface area contributed by atoms with Crippen LogP contribution in [0.4, 0.5) is 5.69 Å². The maximum absolute atomic E-state index is 12.4. The molecule has 0 bridgehead atoms. The number of likely N-dealkylation sites (N-methyl/N-ethyl adjacent to an activating group) is 1. The van der Waals surface area contributed by atoms with Gasteiger partial charge in [-0.3, -0.25) is 9.69 Å². The Balaban J connectivity index is 1.61. The van der Waals surface area contributed by atoms with Crippen LogP contribution in [0.25, 0.3) is 5.69 Å². The minimum atomic E-state index is -0.0480. The number of carbonyl (C=O) groups is 1. The predicted octanol–water partition coefficient (Wildman–Crippen LogP) is 3.97. The molecule has 6 nitrogen and oxygen atoms in total. The Morgan fingerprint density at radius 3 is 2.63 bits per heavy atom. The van der Waals surface area contributed by atoms with E-state index >= 15 is 0 Å². The number of nitrogens with one attached hydrogen (secondary N) is 1. The summed E-state index contributed by atoms with van der Waals surface area (Å²) < 4.78 is 2.60. The standard InChI is InChI=1S/C20H22BrN5O/c1-14-4-9-19(18(21)10-14)24-20(27)11-25(3)15(2)16-5-7-17(8-6-16)26-13-22-12-23-26/h4-10,12-13,15H,11H2,1-3H3,(H,24,27). The third kappa shape index (κ3) is 4.81. The number of aromatic nitrogens is 3. The third-order valence-electron chi connectivity index (χ3n) is 4.51. The van der Waals surface area contributed by atoms with Crippen molar-refractivity contribution in [3.05, 3.63) is 70.7 Å². The average molecular weight is 428 g/mol. The highest BCUT2D eigenvalue weighted by Gasteiger charge is 2.16. The van der Waals surface area contributed by atoms with Crippen molar-refractivity contribution >= 4 is 27.5 Å². The average Bonchev–Trinajstić information content (AvgIpc) is 3.18. The number of nitrogens with zero attached hydrogens (tertiary/aromatic N) is 4. The zero-order valence-electron chi connectivity index (χ0n) is 15.6. The summed E-state index contributed by atoms with van der Waals surface area (Å²) >= 11 is 3.49. The smallest absolute Gasteiger partial charge is 0.238 e. The van der Waals surface area contributed by atoms with Crippen LogP contribution in [-0.2, 0) is 4.79 Å². The number of anilines is 1. The van der Waals surface area contributed by atoms with Crippen LogP contribution >= 0.6 is 15.9 Å². The van der Waals surface area contributed by atoms with Crippen molar-refractivity contribution in [2.75, 3.05) is 18.9 Å². The molecule has 0 spiro atoms. The summed E-state index contributed by atoms with van der Waals surface area (Å²) in [6, 6.07) is 14.1. The number of carbonyl (C=O) groups excluding carboxylic acids is 1. The molecule has 1 atom stereocenters. The van der Waals surface area contributed by atoms with Gasteiger partial charge in [-0.05, 0) is 72.2 Å². The van der Waals surface area contributed by atoms with Crippen LogP contribution in [0.2, 0.25) is 0 Å². The third-order valence-corrected chi connectivity index (χ3v) is 5.17. The molecular weight excluding hydrogens is 406 g/mol. The Kier molecular flexibility index (Phi) is 6.03. The molecule has 3 aromatic rings. The minimum Gasteiger partial charge on any atom is -0.324 e. The van der Waals surface area contributed by atoms with E-state index in [4.69, 9.17) is 0 Å². The highest BCUT2D eigenvalue weighted by molar-refractivity contribution is 9.10. The van der Waals surface area contributed by atoms with Crippen LogP contribution < -0.4 is 5.32 Å². The van der Waals surface area contributed by atoms with E-state index in [0.717, 1.165) is 27.0 Å². The molecule has 1 N–H and O–H groups in total. The molecule has 0 saturated heterocycles. The number of hydrogen-bond donors (Lipinski definition) is 1. The van der Waals surface area contributed by atoms with Gasteiger partial charge in [-0.25, -0.2) is 9.67 Å². The molecule has 2 aromatic carbocycles. The summed E-state index contributed by atoms with van der Waals surface area (Å²) in [4.78, 5) is 18.4. The molecule has 0 radical (unpaired) electrons. The van der Waals surface area contributed by atoms with E-state index in [1.165, 1.54) is 6.33 Å². The van der Waals surface area contributed by atoms with Gasteiger partial charge < -0.3 is 5.32 Å². The second-order valence-electron chi connectivity index (χ2n) is 6.55. The Labute approximate surface area is 167 Å². The molecule has 3 rings (SSSR count). The lowest BCUT2D eigenvalue weighted by atomic mass is 10.1. The maximum Gasteiger partial charge on any atom is 0.238 e. The van der Waals surface area contributed by atoms with Crippen LogP contribution in [0.15, 0.2) is 59.6 Å². The Bertz CT molecular complexity index is 909. The van der Waals surface area contributed by atoms with Gasteiger partial charge in [-0.1, -0.05) is 18.2 Å². The van der Waals surface area contributed by atoms with E-state index in [1.807, 2.05) is 61.3 Å². The van der Waals surface area contributed by atoms with Gasteiger partial charge >= 0.3 is 0 Å². The highest BCUT2D eigenvalue weighted by Crippen LogP contribution is 2.24. The summed E-state index contributed by atoms with van der Waals surface area (Å²) in [7, 11) is 1.94. The second-order valence-corrected chi connectivity index (χ2v) is 7.41. The van der Waals surface area contributed by atoms with Gasteiger partial charge in [0.2, 0.25) is 5.91 Å². The van der Waals surface area contributed by atoms with Gasteiger partial charge in [0.15, 0.2) is 0 Å². The first-order chi connectivity index (χ1) is 12.9. The largest absolute Gasteiger partial charge is 0.324 e. The van der Waals surface area contributed by atoms with Crippen molar-refractivity contribution in [3.8, 4) is 5.69 Å². The molecular formula is C20H22BrN5O. The van der Waals surface area contributed by atoms with Crippen molar-refractivity contribution in [2.45, 2.75) is 19.9 Å². The van der Waals surface area contributed by atoms with Crippen molar-refractivity contribution in [1.29, 1.82) is 0 Å². The second kappa shape index (κ2) is 8.45. The number of halogens is 1. The SMILES string of the molecule is Cc1ccc(NC(=O)CN(C)C(C)c2ccc(-n3cncn3)cc2)c(Br)c1. The number of rotatable bonds is 6. The molecule has 1 unspecified atom stereocenters. The lowest BCUT2D eigenvalue weighted by Gasteiger charge is -2.24. The van der Waals surface area contributed by atoms with Gasteiger partial charge in [0, 0.05) is 10.5 Å². The van der Waals surface area contributed by atoms with Crippen molar-refractivity contribution in [2.24, 2.45) is 0 Å². The number of amides is 1. The Morgan fingerprint density at radius 1 is 1.26 bits per heavy atom. The van der Waals surface area contributed by atoms with Crippen LogP contribution in [0, 0.1) is 6.92 Å². The summed E-state index contributed by atoms with van der Waals surface area (Å²) in [5.41, 5.74) is 4.00. The van der Waals surface area contributed by atoms with Crippen molar-refractivity contribution in [3.63, 3.8) is 0 Å². The first-order valence-corrected chi connectivity index (χ1v) is 9.44. The van der Waals surface area contributed by atoms with Crippen LogP contribution in [0.3, 0.4) is 0 Å². The normalized spacial score (nSPS) is 12.2. The topological polar surface area (TPSA) is 63.1 Å². The van der Waals surface area contributed by atoms with Gasteiger partial charge in [-0.2, -0.15) is 5.10 Å². The molecule has 0 saturated carbocycles. The molecule has 0 aliphatic carbocycles. The van der Waals surface area contributed by atoms with E-state index in [2.05, 4.69) is 38.3 Å². The highest BCUT2D eigenvalue weighted by atomic mass is 79.9. The Morgan fingerprint density at radius 2 is 2.00 bits per heavy atom. The van der Waals surface area contributed by atoms with Crippen molar-refractivity contribution in [1.82, 2.24) is 19.7 Å². The molecule has 0 aliphatic heterocycles. The van der Waals surface area contributed by atoms with Crippen LogP contribution in [0.5, 0.6) is 0 Å². The van der Waals surface area contributed by atoms with Crippen molar-refractivity contribution < 1.29 is 4.79 Å². The molecule has 1 aromatic heterocycles. The fourth-order valence-electron chi connectivity index (χ4n) is 2.78. The first kappa shape index (κ1) is 19.3. The lowest BCUT2D eigenvalue weighted by Crippen LogP contribution is -2.32. The van der Waals surface area contributed by atoms with Gasteiger partial charge in [0.25, 0.3) is 0 Å².